The highest BCUT2D eigenvalue weighted by Gasteiger charge is 2.20. The molecule has 0 aliphatic heterocycles. The van der Waals surface area contributed by atoms with Gasteiger partial charge in [-0.2, -0.15) is 9.13 Å². The van der Waals surface area contributed by atoms with Crippen molar-refractivity contribution in [3.05, 3.63) is 103 Å². The molecule has 0 radical (unpaired) electrons. The lowest BCUT2D eigenvalue weighted by atomic mass is 9.87. The van der Waals surface area contributed by atoms with Crippen molar-refractivity contribution >= 4 is 7.60 Å². The maximum absolute atomic E-state index is 11.1. The van der Waals surface area contributed by atoms with Crippen molar-refractivity contribution < 1.29 is 28.2 Å². The highest BCUT2D eigenvalue weighted by atomic mass is 31.2. The average molecular weight is 477 g/mol. The molecule has 0 spiro atoms. The molecule has 2 aromatic heterocycles. The average Bonchev–Trinajstić information content (AvgIpc) is 2.79. The van der Waals surface area contributed by atoms with Crippen LogP contribution in [0.3, 0.4) is 0 Å². The molecule has 0 atom stereocenters. The summed E-state index contributed by atoms with van der Waals surface area (Å²) in [6, 6.07) is 23.8. The van der Waals surface area contributed by atoms with Crippen molar-refractivity contribution in [1.82, 2.24) is 0 Å². The van der Waals surface area contributed by atoms with Crippen molar-refractivity contribution in [1.29, 1.82) is 0 Å². The number of rotatable bonds is 6. The van der Waals surface area contributed by atoms with Gasteiger partial charge in [0.05, 0.1) is 0 Å². The van der Waals surface area contributed by atoms with Gasteiger partial charge >= 0.3 is 7.60 Å². The monoisotopic (exact) mass is 476 g/mol. The molecule has 0 unspecified atom stereocenters. The Balaban J connectivity index is 1.42. The van der Waals surface area contributed by atoms with Crippen molar-refractivity contribution in [2.45, 2.75) is 32.5 Å². The maximum atomic E-state index is 11.1. The normalized spacial score (nSPS) is 11.9. The Bertz CT molecular complexity index is 1290. The van der Waals surface area contributed by atoms with Crippen molar-refractivity contribution in [3.8, 4) is 28.3 Å². The molecule has 0 aliphatic rings. The summed E-state index contributed by atoms with van der Waals surface area (Å²) < 4.78 is 20.6. The van der Waals surface area contributed by atoms with E-state index in [1.54, 1.807) is 12.4 Å². The third-order valence-electron chi connectivity index (χ3n) is 5.49. The van der Waals surface area contributed by atoms with E-state index in [4.69, 9.17) is 14.5 Å². The first kappa shape index (κ1) is 23.8. The summed E-state index contributed by atoms with van der Waals surface area (Å²) in [4.78, 5) is 18.2. The molecule has 34 heavy (non-hydrogen) atoms. The van der Waals surface area contributed by atoms with Crippen LogP contribution in [0, 0.1) is 0 Å². The van der Waals surface area contributed by atoms with Crippen LogP contribution in [0.2, 0.25) is 0 Å². The van der Waals surface area contributed by atoms with Crippen LogP contribution in [0.15, 0.2) is 97.6 Å². The fraction of sp³-hybridized carbons (Fsp3) is 0.185. The van der Waals surface area contributed by atoms with Gasteiger partial charge in [-0.05, 0) is 46.4 Å². The Hall–Kier alpha value is -3.31. The first-order valence-corrected chi connectivity index (χ1v) is 12.8. The largest absolute Gasteiger partial charge is 0.457 e. The summed E-state index contributed by atoms with van der Waals surface area (Å²) in [5, 5.41) is 0. The zero-order chi connectivity index (χ0) is 24.3. The molecule has 0 aliphatic carbocycles. The van der Waals surface area contributed by atoms with Gasteiger partial charge in [-0.1, -0.05) is 32.9 Å². The quantitative estimate of drug-likeness (QED) is 0.298. The lowest BCUT2D eigenvalue weighted by Crippen LogP contribution is -2.32. The van der Waals surface area contributed by atoms with E-state index in [1.807, 2.05) is 77.6 Å². The molecule has 6 nitrogen and oxygen atoms in total. The zero-order valence-electron chi connectivity index (χ0n) is 19.5. The van der Waals surface area contributed by atoms with E-state index >= 15 is 0 Å². The number of aromatic nitrogens is 2. The van der Waals surface area contributed by atoms with E-state index in [-0.39, 0.29) is 11.7 Å². The van der Waals surface area contributed by atoms with Crippen LogP contribution in [-0.4, -0.2) is 9.79 Å². The van der Waals surface area contributed by atoms with Gasteiger partial charge in [-0.3, -0.25) is 4.57 Å². The Labute approximate surface area is 199 Å². The van der Waals surface area contributed by atoms with Gasteiger partial charge in [0.2, 0.25) is 12.0 Å². The highest BCUT2D eigenvalue weighted by molar-refractivity contribution is 7.50. The van der Waals surface area contributed by atoms with Gasteiger partial charge in [0.15, 0.2) is 24.8 Å². The van der Waals surface area contributed by atoms with Crippen LogP contribution in [0.5, 0.6) is 11.5 Å². The zero-order valence-corrected chi connectivity index (χ0v) is 20.4. The van der Waals surface area contributed by atoms with Crippen LogP contribution in [0.25, 0.3) is 16.8 Å². The lowest BCUT2D eigenvalue weighted by molar-refractivity contribution is -0.679. The van der Waals surface area contributed by atoms with E-state index in [1.165, 1.54) is 10.1 Å². The number of pyridine rings is 2. The van der Waals surface area contributed by atoms with Gasteiger partial charge in [0.25, 0.3) is 0 Å². The van der Waals surface area contributed by atoms with Crippen LogP contribution < -0.4 is 13.9 Å². The van der Waals surface area contributed by atoms with Gasteiger partial charge in [0, 0.05) is 36.4 Å². The van der Waals surface area contributed by atoms with Gasteiger partial charge < -0.3 is 14.5 Å². The minimum atomic E-state index is -4.10. The summed E-state index contributed by atoms with van der Waals surface area (Å²) in [7, 11) is -4.10. The smallest absolute Gasteiger partial charge is 0.390 e. The molecule has 4 aromatic rings. The van der Waals surface area contributed by atoms with Crippen molar-refractivity contribution in [2.75, 3.05) is 0 Å². The topological polar surface area (TPSA) is 74.5 Å². The number of ether oxygens (including phenoxy) is 1. The van der Waals surface area contributed by atoms with Crippen molar-refractivity contribution in [2.24, 2.45) is 0 Å². The first-order valence-electron chi connectivity index (χ1n) is 11.0. The molecule has 2 aromatic carbocycles. The van der Waals surface area contributed by atoms with Crippen LogP contribution in [-0.2, 0) is 16.3 Å². The van der Waals surface area contributed by atoms with Gasteiger partial charge in [-0.15, -0.1) is 0 Å². The SMILES string of the molecule is CC(C)(C)c1ccc(Oc2ccc(-[n+]3ccc(-c4cc[n+](CP(=O)(O)O)cc4)cc3)cc2)cc1. The molecule has 174 valence electrons. The van der Waals surface area contributed by atoms with E-state index in [0.29, 0.717) is 0 Å². The molecule has 7 heteroatoms. The fourth-order valence-corrected chi connectivity index (χ4v) is 4.21. The fourth-order valence-electron chi connectivity index (χ4n) is 3.59. The van der Waals surface area contributed by atoms with E-state index in [2.05, 4.69) is 32.9 Å². The number of hydrogen-bond acceptors (Lipinski definition) is 2. The number of hydrogen-bond donors (Lipinski definition) is 2. The predicted molar refractivity (Wildman–Crippen MR) is 131 cm³/mol. The third-order valence-corrected chi connectivity index (χ3v) is 6.19. The van der Waals surface area contributed by atoms with E-state index < -0.39 is 7.60 Å². The summed E-state index contributed by atoms with van der Waals surface area (Å²) >= 11 is 0. The summed E-state index contributed by atoms with van der Waals surface area (Å²) in [5.41, 5.74) is 4.37. The minimum Gasteiger partial charge on any atom is -0.457 e. The van der Waals surface area contributed by atoms with E-state index in [9.17, 15) is 4.57 Å². The van der Waals surface area contributed by atoms with Gasteiger partial charge in [0.1, 0.15) is 11.5 Å². The molecule has 0 saturated carbocycles. The molecule has 0 fully saturated rings. The molecular formula is C27H29N2O4P+2. The number of benzene rings is 2. The predicted octanol–water partition coefficient (Wildman–Crippen LogP) is 5.14. The second-order valence-corrected chi connectivity index (χ2v) is 10.9. The standard InChI is InChI=1S/C27H27N2O4P/c1-27(2,3)23-4-8-25(9-5-23)33-26-10-6-24(7-11-26)29-18-14-22(15-19-29)21-12-16-28(17-13-21)20-34(30,31)32/h4-19H,20H2,1-3H3/p+2. The van der Waals surface area contributed by atoms with Gasteiger partial charge in [-0.25, -0.2) is 0 Å². The van der Waals surface area contributed by atoms with Crippen LogP contribution >= 0.6 is 7.60 Å². The van der Waals surface area contributed by atoms with Crippen LogP contribution in [0.1, 0.15) is 26.3 Å². The third kappa shape index (κ3) is 6.17. The Morgan fingerprint density at radius 2 is 1.21 bits per heavy atom. The molecule has 0 saturated heterocycles. The number of nitrogens with zero attached hydrogens (tertiary/aromatic N) is 2. The molecule has 4 rings (SSSR count). The summed E-state index contributed by atoms with van der Waals surface area (Å²) in [6.07, 6.45) is 6.97. The molecule has 2 N–H and O–H groups in total. The Kier molecular flexibility index (Phi) is 6.67. The van der Waals surface area contributed by atoms with E-state index in [0.717, 1.165) is 28.3 Å². The molecular weight excluding hydrogens is 447 g/mol. The lowest BCUT2D eigenvalue weighted by Gasteiger charge is -2.19. The minimum absolute atomic E-state index is 0.112. The summed E-state index contributed by atoms with van der Waals surface area (Å²) in [5.74, 6) is 1.58. The highest BCUT2D eigenvalue weighted by Crippen LogP contribution is 2.34. The Morgan fingerprint density at radius 3 is 1.68 bits per heavy atom. The summed E-state index contributed by atoms with van der Waals surface area (Å²) in [6.45, 7) is 6.57. The van der Waals surface area contributed by atoms with Crippen LogP contribution in [0.4, 0.5) is 0 Å². The molecule has 0 bridgehead atoms. The maximum Gasteiger partial charge on any atom is 0.390 e. The molecule has 0 amide bonds. The molecule has 2 heterocycles. The Morgan fingerprint density at radius 1 is 0.735 bits per heavy atom. The second-order valence-electron chi connectivity index (χ2n) is 9.27. The second kappa shape index (κ2) is 9.51. The van der Waals surface area contributed by atoms with Crippen molar-refractivity contribution in [3.63, 3.8) is 0 Å². The first-order chi connectivity index (χ1) is 16.1.